The molecule has 1 aliphatic rings. The van der Waals surface area contributed by atoms with Crippen molar-refractivity contribution in [2.24, 2.45) is 11.8 Å². The van der Waals surface area contributed by atoms with E-state index < -0.39 is 5.97 Å². The first kappa shape index (κ1) is 14.4. The van der Waals surface area contributed by atoms with Crippen molar-refractivity contribution in [1.29, 1.82) is 0 Å². The molecule has 0 spiro atoms. The van der Waals surface area contributed by atoms with Crippen LogP contribution in [0.15, 0.2) is 18.2 Å². The number of aldehydes is 1. The molecule has 1 aliphatic carbocycles. The van der Waals surface area contributed by atoms with Gasteiger partial charge >= 0.3 is 5.97 Å². The number of benzene rings is 1. The van der Waals surface area contributed by atoms with Gasteiger partial charge in [0.25, 0.3) is 0 Å². The molecule has 1 aromatic carbocycles. The number of aliphatic carboxylic acids is 1. The average Bonchev–Trinajstić information content (AvgIpc) is 2.45. The summed E-state index contributed by atoms with van der Waals surface area (Å²) in [6, 6.07) is 4.66. The van der Waals surface area contributed by atoms with Crippen LogP contribution in [0.4, 0.5) is 0 Å². The topological polar surface area (TPSA) is 83.8 Å². The Bertz CT molecular complexity index is 497. The standard InChI is InChI=1S/C15H18O5/c16-8-12-13(17)5-2-6-14(12)20-9-10-3-1-4-11(7-10)15(18)19/h2,5-6,8,10-11,17H,1,3-4,7,9H2,(H,18,19)/t10-,11+/m1/s1. The van der Waals surface area contributed by atoms with Crippen molar-refractivity contribution in [1.82, 2.24) is 0 Å². The van der Waals surface area contributed by atoms with Gasteiger partial charge in [0.1, 0.15) is 11.5 Å². The van der Waals surface area contributed by atoms with Crippen LogP contribution in [-0.2, 0) is 4.79 Å². The molecule has 1 aromatic rings. The molecule has 0 aromatic heterocycles. The van der Waals surface area contributed by atoms with E-state index in [0.29, 0.717) is 25.1 Å². The van der Waals surface area contributed by atoms with E-state index in [1.165, 1.54) is 6.07 Å². The lowest BCUT2D eigenvalue weighted by atomic mass is 9.82. The Kier molecular flexibility index (Phi) is 4.61. The van der Waals surface area contributed by atoms with Crippen LogP contribution >= 0.6 is 0 Å². The molecular weight excluding hydrogens is 260 g/mol. The fourth-order valence-corrected chi connectivity index (χ4v) is 2.65. The van der Waals surface area contributed by atoms with E-state index in [-0.39, 0.29) is 23.1 Å². The van der Waals surface area contributed by atoms with Gasteiger partial charge in [-0.2, -0.15) is 0 Å². The Labute approximate surface area is 117 Å². The molecule has 20 heavy (non-hydrogen) atoms. The van der Waals surface area contributed by atoms with Gasteiger partial charge in [0.05, 0.1) is 18.1 Å². The summed E-state index contributed by atoms with van der Waals surface area (Å²) in [5, 5.41) is 18.6. The van der Waals surface area contributed by atoms with Crippen molar-refractivity contribution in [2.75, 3.05) is 6.61 Å². The van der Waals surface area contributed by atoms with E-state index in [9.17, 15) is 14.7 Å². The molecule has 1 fully saturated rings. The average molecular weight is 278 g/mol. The number of phenolic OH excluding ortho intramolecular Hbond substituents is 1. The molecule has 5 heteroatoms. The van der Waals surface area contributed by atoms with Crippen molar-refractivity contribution in [2.45, 2.75) is 25.7 Å². The summed E-state index contributed by atoms with van der Waals surface area (Å²) in [5.41, 5.74) is 0.137. The van der Waals surface area contributed by atoms with Gasteiger partial charge in [-0.15, -0.1) is 0 Å². The molecule has 0 heterocycles. The maximum atomic E-state index is 11.0. The fraction of sp³-hybridized carbons (Fsp3) is 0.467. The quantitative estimate of drug-likeness (QED) is 0.808. The van der Waals surface area contributed by atoms with Crippen molar-refractivity contribution in [3.05, 3.63) is 23.8 Å². The molecule has 108 valence electrons. The number of ether oxygens (including phenoxy) is 1. The summed E-state index contributed by atoms with van der Waals surface area (Å²) in [6.07, 6.45) is 3.69. The highest BCUT2D eigenvalue weighted by Gasteiger charge is 2.27. The molecule has 0 saturated heterocycles. The summed E-state index contributed by atoms with van der Waals surface area (Å²) in [5.74, 6) is -0.638. The van der Waals surface area contributed by atoms with Crippen LogP contribution in [0.25, 0.3) is 0 Å². The van der Waals surface area contributed by atoms with Gasteiger partial charge in [-0.3, -0.25) is 9.59 Å². The molecule has 5 nitrogen and oxygen atoms in total. The number of aromatic hydroxyl groups is 1. The van der Waals surface area contributed by atoms with Gasteiger partial charge in [-0.1, -0.05) is 12.5 Å². The molecule has 0 unspecified atom stereocenters. The number of hydrogen-bond donors (Lipinski definition) is 2. The SMILES string of the molecule is O=Cc1c(O)cccc1OC[C@@H]1CCC[C@H](C(=O)O)C1. The van der Waals surface area contributed by atoms with E-state index in [1.807, 2.05) is 0 Å². The Balaban J connectivity index is 1.97. The number of hydrogen-bond acceptors (Lipinski definition) is 4. The van der Waals surface area contributed by atoms with E-state index in [1.54, 1.807) is 12.1 Å². The van der Waals surface area contributed by atoms with Gasteiger partial charge in [-0.25, -0.2) is 0 Å². The van der Waals surface area contributed by atoms with Crippen LogP contribution in [0.1, 0.15) is 36.0 Å². The number of rotatable bonds is 5. The molecule has 0 radical (unpaired) electrons. The maximum Gasteiger partial charge on any atom is 0.306 e. The molecule has 2 N–H and O–H groups in total. The second-order valence-corrected chi connectivity index (χ2v) is 5.19. The third-order valence-electron chi connectivity index (χ3n) is 3.77. The summed E-state index contributed by atoms with van der Waals surface area (Å²) in [6.45, 7) is 0.369. The normalized spacial score (nSPS) is 22.2. The zero-order valence-electron chi connectivity index (χ0n) is 11.1. The molecule has 1 saturated carbocycles. The summed E-state index contributed by atoms with van der Waals surface area (Å²) in [7, 11) is 0. The Hall–Kier alpha value is -2.04. The van der Waals surface area contributed by atoms with Crippen LogP contribution < -0.4 is 4.74 Å². The fourth-order valence-electron chi connectivity index (χ4n) is 2.65. The lowest BCUT2D eigenvalue weighted by Crippen LogP contribution is -2.26. The first-order valence-corrected chi connectivity index (χ1v) is 6.74. The second-order valence-electron chi connectivity index (χ2n) is 5.19. The largest absolute Gasteiger partial charge is 0.507 e. The third kappa shape index (κ3) is 3.29. The van der Waals surface area contributed by atoms with E-state index >= 15 is 0 Å². The minimum absolute atomic E-state index is 0.107. The first-order valence-electron chi connectivity index (χ1n) is 6.74. The maximum absolute atomic E-state index is 11.0. The predicted molar refractivity (Wildman–Crippen MR) is 72.1 cm³/mol. The van der Waals surface area contributed by atoms with Crippen LogP contribution in [0.3, 0.4) is 0 Å². The number of carboxylic acids is 1. The number of carboxylic acid groups (broad SMARTS) is 1. The highest BCUT2D eigenvalue weighted by Crippen LogP contribution is 2.31. The van der Waals surface area contributed by atoms with Crippen LogP contribution in [-0.4, -0.2) is 29.1 Å². The minimum atomic E-state index is -0.749. The van der Waals surface area contributed by atoms with Gasteiger partial charge in [0.15, 0.2) is 6.29 Å². The molecule has 0 aliphatic heterocycles. The summed E-state index contributed by atoms with van der Waals surface area (Å²) >= 11 is 0. The first-order chi connectivity index (χ1) is 9.61. The minimum Gasteiger partial charge on any atom is -0.507 e. The monoisotopic (exact) mass is 278 g/mol. The van der Waals surface area contributed by atoms with Crippen LogP contribution in [0.5, 0.6) is 11.5 Å². The molecule has 2 atom stereocenters. The summed E-state index contributed by atoms with van der Waals surface area (Å²) in [4.78, 5) is 21.9. The smallest absolute Gasteiger partial charge is 0.306 e. The molecule has 0 bridgehead atoms. The van der Waals surface area contributed by atoms with Gasteiger partial charge in [0, 0.05) is 0 Å². The van der Waals surface area contributed by atoms with E-state index in [2.05, 4.69) is 0 Å². The highest BCUT2D eigenvalue weighted by molar-refractivity contribution is 5.83. The van der Waals surface area contributed by atoms with Crippen LogP contribution in [0, 0.1) is 11.8 Å². The number of carbonyl (C=O) groups excluding carboxylic acids is 1. The lowest BCUT2D eigenvalue weighted by molar-refractivity contribution is -0.143. The van der Waals surface area contributed by atoms with Crippen molar-refractivity contribution >= 4 is 12.3 Å². The molecular formula is C15H18O5. The van der Waals surface area contributed by atoms with E-state index in [0.717, 1.165) is 19.3 Å². The second kappa shape index (κ2) is 6.41. The Morgan fingerprint density at radius 2 is 2.20 bits per heavy atom. The van der Waals surface area contributed by atoms with E-state index in [4.69, 9.17) is 9.84 Å². The molecule has 0 amide bonds. The van der Waals surface area contributed by atoms with Crippen molar-refractivity contribution in [3.8, 4) is 11.5 Å². The van der Waals surface area contributed by atoms with Crippen molar-refractivity contribution < 1.29 is 24.5 Å². The Morgan fingerprint density at radius 1 is 1.40 bits per heavy atom. The zero-order valence-corrected chi connectivity index (χ0v) is 11.1. The number of carbonyl (C=O) groups is 2. The van der Waals surface area contributed by atoms with Gasteiger partial charge in [0.2, 0.25) is 0 Å². The summed E-state index contributed by atoms with van der Waals surface area (Å²) < 4.78 is 5.59. The van der Waals surface area contributed by atoms with Crippen LogP contribution in [0.2, 0.25) is 0 Å². The number of phenols is 1. The van der Waals surface area contributed by atoms with Gasteiger partial charge in [-0.05, 0) is 37.3 Å². The molecule has 2 rings (SSSR count). The van der Waals surface area contributed by atoms with Crippen molar-refractivity contribution in [3.63, 3.8) is 0 Å². The Morgan fingerprint density at radius 3 is 2.90 bits per heavy atom. The lowest BCUT2D eigenvalue weighted by Gasteiger charge is -2.26. The predicted octanol–water partition coefficient (Wildman–Crippen LogP) is 2.47. The van der Waals surface area contributed by atoms with Gasteiger partial charge < -0.3 is 14.9 Å². The highest BCUT2D eigenvalue weighted by atomic mass is 16.5. The zero-order chi connectivity index (χ0) is 14.5. The third-order valence-corrected chi connectivity index (χ3v) is 3.77.